The zero-order chi connectivity index (χ0) is 8.60. The number of hydrogen-bond donors (Lipinski definition) is 2. The number of carboxylic acids is 1. The van der Waals surface area contributed by atoms with Gasteiger partial charge in [-0.2, -0.15) is 0 Å². The Labute approximate surface area is 69.6 Å². The van der Waals surface area contributed by atoms with Gasteiger partial charge in [0.05, 0.1) is 25.2 Å². The predicted molar refractivity (Wildman–Crippen MR) is 38.6 cm³/mol. The van der Waals surface area contributed by atoms with Gasteiger partial charge in [0.2, 0.25) is 6.23 Å². The second-order valence-electron chi connectivity index (χ2n) is 3.40. The summed E-state index contributed by atoms with van der Waals surface area (Å²) in [6.45, 7) is 2.50. The van der Waals surface area contributed by atoms with E-state index in [1.165, 1.54) is 0 Å². The van der Waals surface area contributed by atoms with E-state index in [1.807, 2.05) is 0 Å². The topological polar surface area (TPSA) is 67.8 Å². The molecule has 2 N–H and O–H groups in total. The van der Waals surface area contributed by atoms with Crippen molar-refractivity contribution in [1.82, 2.24) is 5.32 Å². The van der Waals surface area contributed by atoms with Crippen molar-refractivity contribution in [3.63, 3.8) is 0 Å². The van der Waals surface area contributed by atoms with Crippen molar-refractivity contribution in [2.45, 2.75) is 6.23 Å². The molecular weight excluding hydrogens is 162 g/mol. The molecule has 0 amide bonds. The van der Waals surface area contributed by atoms with E-state index in [4.69, 9.17) is 14.6 Å². The molecule has 2 fully saturated rings. The van der Waals surface area contributed by atoms with Crippen molar-refractivity contribution in [2.75, 3.05) is 26.4 Å². The summed E-state index contributed by atoms with van der Waals surface area (Å²) in [6, 6.07) is 0. The number of nitrogens with one attached hydrogen (secondary N) is 1. The van der Waals surface area contributed by atoms with Crippen molar-refractivity contribution < 1.29 is 19.4 Å². The van der Waals surface area contributed by atoms with E-state index in [9.17, 15) is 4.79 Å². The summed E-state index contributed by atoms with van der Waals surface area (Å²) in [6.07, 6.45) is -0.837. The molecule has 5 nitrogen and oxygen atoms in total. The minimum absolute atomic E-state index is 0.0476. The molecule has 0 aromatic carbocycles. The van der Waals surface area contributed by atoms with Crippen LogP contribution in [0.25, 0.3) is 0 Å². The Morgan fingerprint density at radius 2 is 2.25 bits per heavy atom. The maximum atomic E-state index is 10.5. The van der Waals surface area contributed by atoms with Gasteiger partial charge in [-0.3, -0.25) is 5.32 Å². The van der Waals surface area contributed by atoms with E-state index in [1.54, 1.807) is 0 Å². The number of ether oxygens (including phenoxy) is 2. The van der Waals surface area contributed by atoms with Crippen LogP contribution in [0.2, 0.25) is 0 Å². The molecule has 0 aromatic heterocycles. The van der Waals surface area contributed by atoms with Gasteiger partial charge in [0, 0.05) is 6.54 Å². The highest BCUT2D eigenvalue weighted by Crippen LogP contribution is 2.29. The first kappa shape index (κ1) is 7.97. The maximum Gasteiger partial charge on any atom is 0.348 e. The fourth-order valence-corrected chi connectivity index (χ4v) is 1.41. The number of hydrogen-bond acceptors (Lipinski definition) is 4. The third kappa shape index (κ3) is 1.20. The Balaban J connectivity index is 1.88. The van der Waals surface area contributed by atoms with Crippen molar-refractivity contribution >= 4 is 5.97 Å². The summed E-state index contributed by atoms with van der Waals surface area (Å²) in [7, 11) is 0. The van der Waals surface area contributed by atoms with E-state index in [2.05, 4.69) is 5.32 Å². The zero-order valence-electron chi connectivity index (χ0n) is 6.58. The summed E-state index contributed by atoms with van der Waals surface area (Å²) in [5.41, 5.74) is 0.0476. The molecule has 2 rings (SSSR count). The summed E-state index contributed by atoms with van der Waals surface area (Å²) in [5, 5.41) is 11.4. The van der Waals surface area contributed by atoms with Crippen LogP contribution in [0.1, 0.15) is 0 Å². The minimum Gasteiger partial charge on any atom is -0.478 e. The third-order valence-electron chi connectivity index (χ3n) is 2.26. The van der Waals surface area contributed by atoms with Crippen LogP contribution < -0.4 is 5.32 Å². The number of aliphatic carboxylic acids is 1. The molecule has 1 atom stereocenters. The van der Waals surface area contributed by atoms with Crippen LogP contribution >= 0.6 is 0 Å². The summed E-state index contributed by atoms with van der Waals surface area (Å²) in [5.74, 6) is -0.954. The lowest BCUT2D eigenvalue weighted by Crippen LogP contribution is -2.61. The molecule has 2 saturated heterocycles. The average molecular weight is 173 g/mol. The van der Waals surface area contributed by atoms with Gasteiger partial charge in [-0.25, -0.2) is 4.79 Å². The van der Waals surface area contributed by atoms with E-state index in [0.29, 0.717) is 26.4 Å². The van der Waals surface area contributed by atoms with Crippen LogP contribution in [0.4, 0.5) is 0 Å². The Hall–Kier alpha value is -0.650. The Morgan fingerprint density at radius 3 is 2.58 bits per heavy atom. The average Bonchev–Trinajstić information content (AvgIpc) is 2.02. The van der Waals surface area contributed by atoms with Gasteiger partial charge in [-0.05, 0) is 0 Å². The molecule has 68 valence electrons. The molecule has 0 saturated carbocycles. The summed E-state index contributed by atoms with van der Waals surface area (Å²) < 4.78 is 10.2. The lowest BCUT2D eigenvalue weighted by molar-refractivity contribution is -0.198. The fraction of sp³-hybridized carbons (Fsp3) is 0.857. The van der Waals surface area contributed by atoms with Gasteiger partial charge in [-0.1, -0.05) is 0 Å². The first-order valence-corrected chi connectivity index (χ1v) is 3.87. The first-order valence-electron chi connectivity index (χ1n) is 3.87. The van der Waals surface area contributed by atoms with Crippen molar-refractivity contribution in [1.29, 1.82) is 0 Å². The zero-order valence-corrected chi connectivity index (χ0v) is 6.58. The second-order valence-corrected chi connectivity index (χ2v) is 3.40. The monoisotopic (exact) mass is 173 g/mol. The molecule has 0 aromatic rings. The first-order chi connectivity index (χ1) is 5.72. The van der Waals surface area contributed by atoms with Crippen LogP contribution in [0.3, 0.4) is 0 Å². The highest BCUT2D eigenvalue weighted by Gasteiger charge is 2.43. The molecule has 12 heavy (non-hydrogen) atoms. The van der Waals surface area contributed by atoms with Gasteiger partial charge < -0.3 is 14.6 Å². The van der Waals surface area contributed by atoms with E-state index < -0.39 is 12.2 Å². The molecule has 1 unspecified atom stereocenters. The third-order valence-corrected chi connectivity index (χ3v) is 2.26. The van der Waals surface area contributed by atoms with Crippen LogP contribution in [0, 0.1) is 5.41 Å². The van der Waals surface area contributed by atoms with Gasteiger partial charge >= 0.3 is 5.97 Å². The number of rotatable bonds is 1. The van der Waals surface area contributed by atoms with E-state index in [-0.39, 0.29) is 5.41 Å². The quantitative estimate of drug-likeness (QED) is 0.534. The van der Waals surface area contributed by atoms with Crippen LogP contribution in [0.5, 0.6) is 0 Å². The smallest absolute Gasteiger partial charge is 0.348 e. The SMILES string of the molecule is O=C(O)C1NCC2(COC2)CO1. The molecule has 2 heterocycles. The normalized spacial score (nSPS) is 32.8. The molecule has 0 radical (unpaired) electrons. The largest absolute Gasteiger partial charge is 0.478 e. The van der Waals surface area contributed by atoms with Crippen molar-refractivity contribution in [3.05, 3.63) is 0 Å². The Kier molecular flexibility index (Phi) is 1.79. The van der Waals surface area contributed by atoms with Gasteiger partial charge in [0.1, 0.15) is 0 Å². The molecule has 0 aliphatic carbocycles. The molecule has 1 spiro atoms. The lowest BCUT2D eigenvalue weighted by atomic mass is 9.86. The van der Waals surface area contributed by atoms with Crippen molar-refractivity contribution in [2.24, 2.45) is 5.41 Å². The van der Waals surface area contributed by atoms with E-state index >= 15 is 0 Å². The standard InChI is InChI=1S/C7H11NO4/c9-6(10)5-8-1-7(4-12-5)2-11-3-7/h5,8H,1-4H2,(H,9,10). The van der Waals surface area contributed by atoms with Crippen LogP contribution in [-0.4, -0.2) is 43.7 Å². The summed E-state index contributed by atoms with van der Waals surface area (Å²) in [4.78, 5) is 10.5. The van der Waals surface area contributed by atoms with Crippen LogP contribution in [-0.2, 0) is 14.3 Å². The highest BCUT2D eigenvalue weighted by molar-refractivity contribution is 5.71. The Bertz CT molecular complexity index is 192. The highest BCUT2D eigenvalue weighted by atomic mass is 16.5. The van der Waals surface area contributed by atoms with E-state index in [0.717, 1.165) is 0 Å². The Morgan fingerprint density at radius 1 is 1.50 bits per heavy atom. The molecule has 0 bridgehead atoms. The van der Waals surface area contributed by atoms with Gasteiger partial charge in [0.15, 0.2) is 0 Å². The molecular formula is C7H11NO4. The summed E-state index contributed by atoms with van der Waals surface area (Å²) >= 11 is 0. The molecule has 2 aliphatic heterocycles. The van der Waals surface area contributed by atoms with Crippen LogP contribution in [0.15, 0.2) is 0 Å². The predicted octanol–water partition coefficient (Wildman–Crippen LogP) is -0.966. The lowest BCUT2D eigenvalue weighted by Gasteiger charge is -2.45. The van der Waals surface area contributed by atoms with Crippen molar-refractivity contribution in [3.8, 4) is 0 Å². The number of carbonyl (C=O) groups is 1. The second kappa shape index (κ2) is 2.69. The number of carboxylic acid groups (broad SMARTS) is 1. The van der Waals surface area contributed by atoms with Gasteiger partial charge in [-0.15, -0.1) is 0 Å². The fourth-order valence-electron chi connectivity index (χ4n) is 1.41. The van der Waals surface area contributed by atoms with Gasteiger partial charge in [0.25, 0.3) is 0 Å². The molecule has 5 heteroatoms. The molecule has 2 aliphatic rings. The maximum absolute atomic E-state index is 10.5. The minimum atomic E-state index is -0.954.